The van der Waals surface area contributed by atoms with E-state index in [0.29, 0.717) is 6.42 Å². The van der Waals surface area contributed by atoms with E-state index in [4.69, 9.17) is 4.43 Å². The monoisotopic (exact) mass is 409 g/mol. The molecule has 1 atom stereocenters. The number of carbonyl (C=O) groups excluding carboxylic acids is 1. The summed E-state index contributed by atoms with van der Waals surface area (Å²) in [5, 5.41) is 9.62. The zero-order valence-corrected chi connectivity index (χ0v) is 20.9. The van der Waals surface area contributed by atoms with Gasteiger partial charge in [-0.2, -0.15) is 0 Å². The van der Waals surface area contributed by atoms with Gasteiger partial charge in [0.15, 0.2) is 0 Å². The molecule has 1 rings (SSSR count). The predicted molar refractivity (Wildman–Crippen MR) is 119 cm³/mol. The SMILES string of the molecule is CC(C)(C)[Si](C)(C)N[C@@H](Cc1ccc(O)cc1)C(=O)O[Si](C)(C)C(C)(C)C. The van der Waals surface area contributed by atoms with Crippen molar-refractivity contribution in [1.29, 1.82) is 0 Å². The number of nitrogens with one attached hydrogen (secondary N) is 1. The number of phenolic OH excluding ortho intramolecular Hbond substituents is 1. The second-order valence-corrected chi connectivity index (χ2v) is 20.4. The van der Waals surface area contributed by atoms with Gasteiger partial charge in [-0.25, -0.2) is 0 Å². The van der Waals surface area contributed by atoms with E-state index in [2.05, 4.69) is 72.7 Å². The Balaban J connectivity index is 3.13. The Morgan fingerprint density at radius 3 is 1.89 bits per heavy atom. The molecular weight excluding hydrogens is 370 g/mol. The van der Waals surface area contributed by atoms with Crippen LogP contribution in [0.15, 0.2) is 24.3 Å². The maximum atomic E-state index is 13.2. The Bertz CT molecular complexity index is 641. The molecule has 154 valence electrons. The second-order valence-electron chi connectivity index (χ2n) is 10.6. The highest BCUT2D eigenvalue weighted by Gasteiger charge is 2.44. The lowest BCUT2D eigenvalue weighted by atomic mass is 10.1. The highest BCUT2D eigenvalue weighted by Crippen LogP contribution is 2.38. The smallest absolute Gasteiger partial charge is 0.309 e. The molecule has 0 saturated heterocycles. The van der Waals surface area contributed by atoms with Gasteiger partial charge in [0.05, 0.1) is 0 Å². The lowest BCUT2D eigenvalue weighted by Crippen LogP contribution is -2.60. The largest absolute Gasteiger partial charge is 0.518 e. The van der Waals surface area contributed by atoms with Gasteiger partial charge in [-0.3, -0.25) is 4.79 Å². The van der Waals surface area contributed by atoms with Crippen LogP contribution in [0.1, 0.15) is 47.1 Å². The summed E-state index contributed by atoms with van der Waals surface area (Å²) < 4.78 is 6.13. The molecule has 1 aromatic rings. The van der Waals surface area contributed by atoms with E-state index in [-0.39, 0.29) is 27.8 Å². The minimum absolute atomic E-state index is 0.0251. The van der Waals surface area contributed by atoms with Crippen LogP contribution in [0, 0.1) is 0 Å². The molecule has 27 heavy (non-hydrogen) atoms. The van der Waals surface area contributed by atoms with Gasteiger partial charge in [-0.15, -0.1) is 0 Å². The third kappa shape index (κ3) is 6.47. The third-order valence-corrected chi connectivity index (χ3v) is 15.4. The third-order valence-electron chi connectivity index (χ3n) is 6.23. The normalized spacial score (nSPS) is 14.7. The quantitative estimate of drug-likeness (QED) is 0.614. The van der Waals surface area contributed by atoms with Crippen LogP contribution in [0.2, 0.25) is 36.3 Å². The van der Waals surface area contributed by atoms with Crippen LogP contribution in [0.5, 0.6) is 5.75 Å². The highest BCUT2D eigenvalue weighted by atomic mass is 28.4. The standard InChI is InChI=1S/C21H39NO3Si2/c1-20(2,3)26(7,8)22-18(15-16-11-13-17(23)14-12-16)19(24)25-27(9,10)21(4,5)6/h11-14,18,22-23H,15H2,1-10H3/t18-/m0/s1. The second kappa shape index (κ2) is 8.09. The van der Waals surface area contributed by atoms with Gasteiger partial charge in [0.25, 0.3) is 8.32 Å². The average Bonchev–Trinajstić information content (AvgIpc) is 2.45. The minimum Gasteiger partial charge on any atom is -0.518 e. The lowest BCUT2D eigenvalue weighted by Gasteiger charge is -2.41. The molecule has 0 fully saturated rings. The van der Waals surface area contributed by atoms with Crippen molar-refractivity contribution in [2.45, 2.75) is 90.3 Å². The Labute approximate surface area is 167 Å². The van der Waals surface area contributed by atoms with Crippen molar-refractivity contribution < 1.29 is 14.3 Å². The van der Waals surface area contributed by atoms with E-state index >= 15 is 0 Å². The summed E-state index contributed by atoms with van der Waals surface area (Å²) in [4.78, 5) is 16.9. The van der Waals surface area contributed by atoms with Crippen LogP contribution in [0.3, 0.4) is 0 Å². The maximum absolute atomic E-state index is 13.2. The molecule has 0 spiro atoms. The van der Waals surface area contributed by atoms with Crippen molar-refractivity contribution in [3.05, 3.63) is 29.8 Å². The molecule has 0 aliphatic heterocycles. The van der Waals surface area contributed by atoms with Gasteiger partial charge in [-0.1, -0.05) is 66.8 Å². The minimum atomic E-state index is -2.19. The predicted octanol–water partition coefficient (Wildman–Crippen LogP) is 5.45. The van der Waals surface area contributed by atoms with Gasteiger partial charge in [0, 0.05) is 0 Å². The molecule has 6 heteroatoms. The van der Waals surface area contributed by atoms with E-state index in [1.807, 2.05) is 12.1 Å². The zero-order valence-electron chi connectivity index (χ0n) is 18.9. The number of phenols is 1. The van der Waals surface area contributed by atoms with Gasteiger partial charge in [-0.05, 0) is 47.3 Å². The molecular formula is C21H39NO3Si2. The number of carbonyl (C=O) groups is 1. The Kier molecular flexibility index (Phi) is 7.17. The average molecular weight is 410 g/mol. The van der Waals surface area contributed by atoms with E-state index in [0.717, 1.165) is 5.56 Å². The van der Waals surface area contributed by atoms with Crippen LogP contribution in [0.4, 0.5) is 0 Å². The number of aromatic hydroxyl groups is 1. The zero-order chi connectivity index (χ0) is 21.3. The Morgan fingerprint density at radius 2 is 1.48 bits per heavy atom. The van der Waals surface area contributed by atoms with Crippen molar-refractivity contribution in [3.8, 4) is 5.75 Å². The molecule has 0 radical (unpaired) electrons. The van der Waals surface area contributed by atoms with Crippen LogP contribution in [-0.2, 0) is 15.6 Å². The van der Waals surface area contributed by atoms with Crippen molar-refractivity contribution in [1.82, 2.24) is 4.98 Å². The molecule has 0 aliphatic rings. The number of benzene rings is 1. The van der Waals surface area contributed by atoms with Crippen LogP contribution < -0.4 is 4.98 Å². The first-order valence-corrected chi connectivity index (χ1v) is 15.7. The first kappa shape index (κ1) is 23.9. The molecule has 2 N–H and O–H groups in total. The molecule has 4 nitrogen and oxygen atoms in total. The summed E-state index contributed by atoms with van der Waals surface area (Å²) in [6.45, 7) is 21.8. The first-order chi connectivity index (χ1) is 12.0. The Hall–Kier alpha value is -1.12. The lowest BCUT2D eigenvalue weighted by molar-refractivity contribution is -0.137. The van der Waals surface area contributed by atoms with Gasteiger partial charge in [0.2, 0.25) is 0 Å². The Morgan fingerprint density at radius 1 is 1.00 bits per heavy atom. The molecule has 0 aliphatic carbocycles. The van der Waals surface area contributed by atoms with Crippen molar-refractivity contribution >= 4 is 22.5 Å². The summed E-state index contributed by atoms with van der Waals surface area (Å²) in [5.41, 5.74) is 1.01. The summed E-state index contributed by atoms with van der Waals surface area (Å²) in [6.07, 6.45) is 0.556. The molecule has 0 unspecified atom stereocenters. The number of hydrogen-bond donors (Lipinski definition) is 2. The van der Waals surface area contributed by atoms with Crippen LogP contribution in [-0.4, -0.2) is 33.7 Å². The molecule has 0 saturated carbocycles. The van der Waals surface area contributed by atoms with Crippen molar-refractivity contribution in [3.63, 3.8) is 0 Å². The van der Waals surface area contributed by atoms with E-state index in [1.54, 1.807) is 12.1 Å². The molecule has 1 aromatic carbocycles. The molecule has 0 amide bonds. The van der Waals surface area contributed by atoms with E-state index in [1.165, 1.54) is 0 Å². The fourth-order valence-corrected chi connectivity index (χ4v) is 4.66. The van der Waals surface area contributed by atoms with Crippen LogP contribution >= 0.6 is 0 Å². The van der Waals surface area contributed by atoms with Crippen molar-refractivity contribution in [2.24, 2.45) is 0 Å². The van der Waals surface area contributed by atoms with Crippen LogP contribution in [0.25, 0.3) is 0 Å². The van der Waals surface area contributed by atoms with Crippen molar-refractivity contribution in [2.75, 3.05) is 0 Å². The number of hydrogen-bond acceptors (Lipinski definition) is 4. The summed E-state index contributed by atoms with van der Waals surface area (Å²) in [7, 11) is -4.09. The maximum Gasteiger partial charge on any atom is 0.309 e. The van der Waals surface area contributed by atoms with Gasteiger partial charge >= 0.3 is 5.97 Å². The molecule has 0 heterocycles. The van der Waals surface area contributed by atoms with E-state index in [9.17, 15) is 9.90 Å². The molecule has 0 bridgehead atoms. The van der Waals surface area contributed by atoms with Gasteiger partial charge < -0.3 is 14.5 Å². The summed E-state index contributed by atoms with van der Waals surface area (Å²) in [5.74, 6) is 0.0796. The topological polar surface area (TPSA) is 58.6 Å². The first-order valence-electron chi connectivity index (χ1n) is 9.75. The van der Waals surface area contributed by atoms with Gasteiger partial charge in [0.1, 0.15) is 20.0 Å². The highest BCUT2D eigenvalue weighted by molar-refractivity contribution is 6.78. The summed E-state index contributed by atoms with van der Waals surface area (Å²) >= 11 is 0. The fraction of sp³-hybridized carbons (Fsp3) is 0.667. The van der Waals surface area contributed by atoms with E-state index < -0.39 is 16.6 Å². The molecule has 0 aromatic heterocycles. The fourth-order valence-electron chi connectivity index (χ4n) is 2.19. The number of rotatable bonds is 6. The summed E-state index contributed by atoms with van der Waals surface area (Å²) in [6, 6.07) is 6.69.